The molecule has 3 aromatic rings. The van der Waals surface area contributed by atoms with Crippen molar-refractivity contribution in [2.45, 2.75) is 20.3 Å². The molecule has 2 amide bonds. The van der Waals surface area contributed by atoms with Crippen LogP contribution in [-0.4, -0.2) is 37.1 Å². The zero-order chi connectivity index (χ0) is 22.0. The van der Waals surface area contributed by atoms with Crippen molar-refractivity contribution in [1.29, 1.82) is 0 Å². The maximum atomic E-state index is 12.3. The number of anilines is 2. The first-order chi connectivity index (χ1) is 14.9. The van der Waals surface area contributed by atoms with Gasteiger partial charge in [-0.2, -0.15) is 0 Å². The van der Waals surface area contributed by atoms with Crippen molar-refractivity contribution in [3.05, 3.63) is 52.9 Å². The number of carbonyl (C=O) groups excluding carboxylic acids is 2. The molecule has 0 radical (unpaired) electrons. The van der Waals surface area contributed by atoms with Gasteiger partial charge >= 0.3 is 0 Å². The van der Waals surface area contributed by atoms with Crippen LogP contribution >= 0.6 is 11.3 Å². The third kappa shape index (κ3) is 4.54. The zero-order valence-electron chi connectivity index (χ0n) is 17.6. The van der Waals surface area contributed by atoms with Crippen LogP contribution in [0.1, 0.15) is 17.4 Å². The first kappa shape index (κ1) is 20.9. The number of thiazole rings is 1. The number of rotatable bonds is 6. The van der Waals surface area contributed by atoms with Gasteiger partial charge in [-0.3, -0.25) is 14.9 Å². The number of fused-ring (bicyclic) bond motifs is 1. The molecular formula is C23H23N3O4S. The summed E-state index contributed by atoms with van der Waals surface area (Å²) in [5, 5.41) is 3.30. The number of ether oxygens (including phenoxy) is 2. The van der Waals surface area contributed by atoms with E-state index >= 15 is 0 Å². The fraction of sp³-hybridized carbons (Fsp3) is 0.261. The average molecular weight is 438 g/mol. The first-order valence-electron chi connectivity index (χ1n) is 9.97. The second kappa shape index (κ2) is 8.77. The smallest absolute Gasteiger partial charge is 0.264 e. The molecule has 1 N–H and O–H groups in total. The summed E-state index contributed by atoms with van der Waals surface area (Å²) in [6.45, 7) is 3.98. The molecule has 7 nitrogen and oxygen atoms in total. The van der Waals surface area contributed by atoms with Crippen LogP contribution < -0.4 is 19.7 Å². The van der Waals surface area contributed by atoms with Gasteiger partial charge in [0.2, 0.25) is 0 Å². The molecule has 31 heavy (non-hydrogen) atoms. The lowest BCUT2D eigenvalue weighted by Gasteiger charge is -2.26. The summed E-state index contributed by atoms with van der Waals surface area (Å²) in [7, 11) is 1.73. The molecule has 0 spiro atoms. The third-order valence-electron chi connectivity index (χ3n) is 5.06. The number of carbonyl (C=O) groups is 2. The average Bonchev–Trinajstić information content (AvgIpc) is 3.15. The molecule has 0 saturated heterocycles. The van der Waals surface area contributed by atoms with Gasteiger partial charge in [0.15, 0.2) is 18.3 Å². The predicted octanol–water partition coefficient (Wildman–Crippen LogP) is 4.05. The van der Waals surface area contributed by atoms with E-state index in [-0.39, 0.29) is 25.0 Å². The lowest BCUT2D eigenvalue weighted by Crippen LogP contribution is -2.35. The van der Waals surface area contributed by atoms with E-state index in [0.29, 0.717) is 22.3 Å². The Kier molecular flexibility index (Phi) is 5.90. The second-order valence-electron chi connectivity index (χ2n) is 7.18. The molecule has 0 unspecified atom stereocenters. The highest BCUT2D eigenvalue weighted by Crippen LogP contribution is 2.37. The zero-order valence-corrected chi connectivity index (χ0v) is 18.4. The number of nitrogens with one attached hydrogen (secondary N) is 1. The maximum Gasteiger partial charge on any atom is 0.264 e. The minimum absolute atomic E-state index is 0.0412. The second-order valence-corrected chi connectivity index (χ2v) is 8.39. The largest absolute Gasteiger partial charge is 0.484 e. The number of aryl methyl sites for hydroxylation is 2. The Balaban J connectivity index is 1.44. The molecule has 160 valence electrons. The van der Waals surface area contributed by atoms with Gasteiger partial charge in [0.1, 0.15) is 11.5 Å². The predicted molar refractivity (Wildman–Crippen MR) is 121 cm³/mol. The van der Waals surface area contributed by atoms with E-state index in [4.69, 9.17) is 9.47 Å². The Morgan fingerprint density at radius 3 is 2.77 bits per heavy atom. The van der Waals surface area contributed by atoms with Crippen LogP contribution in [0.4, 0.5) is 10.8 Å². The standard InChI is InChI=1S/C23H23N3O4S/c1-4-15-5-8-17(9-6-15)29-12-20(27)24-23-25-22(14(2)31-23)16-7-10-19-18(11-16)26(3)21(28)13-30-19/h5-11H,4,12-13H2,1-3H3,(H,24,25,27). The fourth-order valence-electron chi connectivity index (χ4n) is 3.26. The molecular weight excluding hydrogens is 414 g/mol. The van der Waals surface area contributed by atoms with Gasteiger partial charge in [-0.1, -0.05) is 19.1 Å². The Hall–Kier alpha value is -3.39. The van der Waals surface area contributed by atoms with Gasteiger partial charge in [0.05, 0.1) is 11.4 Å². The van der Waals surface area contributed by atoms with Crippen LogP contribution in [0.3, 0.4) is 0 Å². The SMILES string of the molecule is CCc1ccc(OCC(=O)Nc2nc(-c3ccc4c(c3)N(C)C(=O)CO4)c(C)s2)cc1. The molecule has 0 saturated carbocycles. The van der Waals surface area contributed by atoms with Crippen LogP contribution in [-0.2, 0) is 16.0 Å². The van der Waals surface area contributed by atoms with Gasteiger partial charge < -0.3 is 14.4 Å². The summed E-state index contributed by atoms with van der Waals surface area (Å²) < 4.78 is 11.0. The number of likely N-dealkylation sites (N-methyl/N-ethyl adjacent to an activating group) is 1. The topological polar surface area (TPSA) is 80.8 Å². The molecule has 8 heteroatoms. The molecule has 0 aliphatic carbocycles. The van der Waals surface area contributed by atoms with Crippen molar-refractivity contribution in [2.24, 2.45) is 0 Å². The monoisotopic (exact) mass is 437 g/mol. The first-order valence-corrected chi connectivity index (χ1v) is 10.8. The van der Waals surface area contributed by atoms with Crippen LogP contribution in [0.2, 0.25) is 0 Å². The normalized spacial score (nSPS) is 12.9. The highest BCUT2D eigenvalue weighted by atomic mass is 32.1. The van der Waals surface area contributed by atoms with E-state index in [1.54, 1.807) is 11.9 Å². The quantitative estimate of drug-likeness (QED) is 0.629. The van der Waals surface area contributed by atoms with Crippen molar-refractivity contribution >= 4 is 34.0 Å². The van der Waals surface area contributed by atoms with Crippen LogP contribution in [0, 0.1) is 6.92 Å². The van der Waals surface area contributed by atoms with Crippen molar-refractivity contribution in [1.82, 2.24) is 4.98 Å². The van der Waals surface area contributed by atoms with Gasteiger partial charge in [-0.25, -0.2) is 4.98 Å². The summed E-state index contributed by atoms with van der Waals surface area (Å²) in [4.78, 5) is 31.3. The van der Waals surface area contributed by atoms with Crippen molar-refractivity contribution in [2.75, 3.05) is 30.5 Å². The van der Waals surface area contributed by atoms with E-state index in [1.807, 2.05) is 49.4 Å². The van der Waals surface area contributed by atoms with Gasteiger partial charge in [0, 0.05) is 17.5 Å². The summed E-state index contributed by atoms with van der Waals surface area (Å²) in [5.74, 6) is 0.940. The Morgan fingerprint density at radius 1 is 1.26 bits per heavy atom. The van der Waals surface area contributed by atoms with Gasteiger partial charge in [0.25, 0.3) is 11.8 Å². The molecule has 4 rings (SSSR count). The Bertz CT molecular complexity index is 1120. The number of hydrogen-bond acceptors (Lipinski definition) is 6. The number of hydrogen-bond donors (Lipinski definition) is 1. The van der Waals surface area contributed by atoms with Crippen molar-refractivity contribution in [3.8, 4) is 22.8 Å². The number of amides is 2. The number of benzene rings is 2. The third-order valence-corrected chi connectivity index (χ3v) is 5.95. The molecule has 0 fully saturated rings. The summed E-state index contributed by atoms with van der Waals surface area (Å²) >= 11 is 1.39. The van der Waals surface area contributed by atoms with Crippen LogP contribution in [0.15, 0.2) is 42.5 Å². The van der Waals surface area contributed by atoms with Crippen LogP contribution in [0.25, 0.3) is 11.3 Å². The Labute approximate surface area is 184 Å². The number of nitrogens with zero attached hydrogens (tertiary/aromatic N) is 2. The van der Waals surface area contributed by atoms with E-state index in [0.717, 1.165) is 22.6 Å². The minimum Gasteiger partial charge on any atom is -0.484 e. The fourth-order valence-corrected chi connectivity index (χ4v) is 4.11. The summed E-state index contributed by atoms with van der Waals surface area (Å²) in [6.07, 6.45) is 0.955. The van der Waals surface area contributed by atoms with E-state index in [9.17, 15) is 9.59 Å². The molecule has 1 aromatic heterocycles. The lowest BCUT2D eigenvalue weighted by atomic mass is 10.1. The van der Waals surface area contributed by atoms with Crippen molar-refractivity contribution in [3.63, 3.8) is 0 Å². The van der Waals surface area contributed by atoms with Crippen molar-refractivity contribution < 1.29 is 19.1 Å². The molecule has 2 aromatic carbocycles. The Morgan fingerprint density at radius 2 is 2.03 bits per heavy atom. The molecule has 0 bridgehead atoms. The highest BCUT2D eigenvalue weighted by Gasteiger charge is 2.23. The van der Waals surface area contributed by atoms with Crippen LogP contribution in [0.5, 0.6) is 11.5 Å². The van der Waals surface area contributed by atoms with Gasteiger partial charge in [-0.15, -0.1) is 11.3 Å². The maximum absolute atomic E-state index is 12.3. The lowest BCUT2D eigenvalue weighted by molar-refractivity contribution is -0.121. The van der Waals surface area contributed by atoms with E-state index in [1.165, 1.54) is 16.9 Å². The minimum atomic E-state index is -0.274. The molecule has 1 aliphatic heterocycles. The summed E-state index contributed by atoms with van der Waals surface area (Å²) in [5.41, 5.74) is 3.53. The van der Waals surface area contributed by atoms with E-state index < -0.39 is 0 Å². The van der Waals surface area contributed by atoms with E-state index in [2.05, 4.69) is 17.2 Å². The summed E-state index contributed by atoms with van der Waals surface area (Å²) in [6, 6.07) is 13.3. The van der Waals surface area contributed by atoms with Gasteiger partial charge in [-0.05, 0) is 49.2 Å². The number of aromatic nitrogens is 1. The molecule has 2 heterocycles. The highest BCUT2D eigenvalue weighted by molar-refractivity contribution is 7.16. The molecule has 1 aliphatic rings. The molecule has 0 atom stereocenters.